The second-order valence-electron chi connectivity index (χ2n) is 6.07. The summed E-state index contributed by atoms with van der Waals surface area (Å²) >= 11 is 0. The second-order valence-corrected chi connectivity index (χ2v) is 6.07. The van der Waals surface area contributed by atoms with Crippen LogP contribution in [0, 0.1) is 0 Å². The number of aromatic nitrogens is 1. The van der Waals surface area contributed by atoms with Gasteiger partial charge in [0.05, 0.1) is 6.54 Å². The van der Waals surface area contributed by atoms with Crippen molar-refractivity contribution in [2.24, 2.45) is 0 Å². The summed E-state index contributed by atoms with van der Waals surface area (Å²) in [5.74, 6) is 0.623. The van der Waals surface area contributed by atoms with Gasteiger partial charge in [0.2, 0.25) is 5.91 Å². The molecule has 2 heterocycles. The Morgan fingerprint density at radius 2 is 1.88 bits per heavy atom. The number of rotatable bonds is 4. The summed E-state index contributed by atoms with van der Waals surface area (Å²) in [5.41, 5.74) is 1.29. The van der Waals surface area contributed by atoms with Crippen molar-refractivity contribution in [1.29, 1.82) is 0 Å². The summed E-state index contributed by atoms with van der Waals surface area (Å²) in [7, 11) is 0. The number of hydrogen-bond donors (Lipinski definition) is 1. The number of likely N-dealkylation sites (tertiary alicyclic amines) is 1. The van der Waals surface area contributed by atoms with Crippen LogP contribution in [0.1, 0.15) is 30.1 Å². The number of hydrogen-bond acceptors (Lipinski definition) is 4. The molecule has 0 aliphatic carbocycles. The summed E-state index contributed by atoms with van der Waals surface area (Å²) < 4.78 is 5.95. The number of pyridine rings is 1. The molecule has 1 atom stereocenters. The van der Waals surface area contributed by atoms with Crippen LogP contribution in [-0.2, 0) is 4.79 Å². The molecule has 0 spiro atoms. The fourth-order valence-corrected chi connectivity index (χ4v) is 2.91. The first-order chi connectivity index (χ1) is 12.1. The lowest BCUT2D eigenvalue weighted by atomic mass is 10.1. The molecule has 130 valence electrons. The highest BCUT2D eigenvalue weighted by Crippen LogP contribution is 2.20. The van der Waals surface area contributed by atoms with Gasteiger partial charge in [0.15, 0.2) is 0 Å². The Morgan fingerprint density at radius 3 is 2.56 bits per heavy atom. The van der Waals surface area contributed by atoms with Gasteiger partial charge in [-0.05, 0) is 49.2 Å². The van der Waals surface area contributed by atoms with Gasteiger partial charge in [0.1, 0.15) is 11.9 Å². The predicted octanol–water partition coefficient (Wildman–Crippen LogP) is 2.72. The van der Waals surface area contributed by atoms with Gasteiger partial charge in [-0.3, -0.25) is 14.6 Å². The largest absolute Gasteiger partial charge is 0.488 e. The van der Waals surface area contributed by atoms with E-state index in [9.17, 15) is 9.59 Å². The Labute approximate surface area is 146 Å². The first-order valence-corrected chi connectivity index (χ1v) is 8.35. The van der Waals surface area contributed by atoms with Crippen molar-refractivity contribution in [3.8, 4) is 5.75 Å². The van der Waals surface area contributed by atoms with E-state index in [-0.39, 0.29) is 17.9 Å². The number of nitrogens with one attached hydrogen (secondary N) is 1. The molecule has 2 amide bonds. The molecular weight excluding hydrogens is 318 g/mol. The highest BCUT2D eigenvalue weighted by Gasteiger charge is 2.25. The molecule has 3 rings (SSSR count). The van der Waals surface area contributed by atoms with E-state index >= 15 is 0 Å². The minimum atomic E-state index is -0.133. The topological polar surface area (TPSA) is 71.5 Å². The number of amides is 2. The predicted molar refractivity (Wildman–Crippen MR) is 94.5 cm³/mol. The smallest absolute Gasteiger partial charge is 0.253 e. The number of ether oxygens (including phenoxy) is 1. The lowest BCUT2D eigenvalue weighted by Gasteiger charge is -2.33. The summed E-state index contributed by atoms with van der Waals surface area (Å²) in [6, 6.07) is 10.6. The second kappa shape index (κ2) is 7.79. The van der Waals surface area contributed by atoms with Crippen molar-refractivity contribution in [1.82, 2.24) is 9.88 Å². The van der Waals surface area contributed by atoms with Crippen molar-refractivity contribution < 1.29 is 14.3 Å². The van der Waals surface area contributed by atoms with Crippen LogP contribution in [0.3, 0.4) is 0 Å². The summed E-state index contributed by atoms with van der Waals surface area (Å²) in [4.78, 5) is 29.6. The van der Waals surface area contributed by atoms with E-state index in [0.717, 1.165) is 25.1 Å². The van der Waals surface area contributed by atoms with E-state index < -0.39 is 0 Å². The summed E-state index contributed by atoms with van der Waals surface area (Å²) in [6.45, 7) is 2.74. The van der Waals surface area contributed by atoms with Crippen molar-refractivity contribution in [3.05, 3.63) is 54.4 Å². The molecule has 1 N–H and O–H groups in total. The van der Waals surface area contributed by atoms with Crippen LogP contribution in [-0.4, -0.2) is 40.9 Å². The zero-order chi connectivity index (χ0) is 17.6. The van der Waals surface area contributed by atoms with Gasteiger partial charge in [-0.15, -0.1) is 0 Å². The molecule has 25 heavy (non-hydrogen) atoms. The monoisotopic (exact) mass is 339 g/mol. The van der Waals surface area contributed by atoms with Gasteiger partial charge in [-0.1, -0.05) is 0 Å². The minimum absolute atomic E-state index is 0.0150. The van der Waals surface area contributed by atoms with Crippen LogP contribution in [0.25, 0.3) is 0 Å². The van der Waals surface area contributed by atoms with Gasteiger partial charge >= 0.3 is 0 Å². The van der Waals surface area contributed by atoms with Crippen LogP contribution in [0.5, 0.6) is 5.75 Å². The third-order valence-corrected chi connectivity index (χ3v) is 4.07. The number of carbonyl (C=O) groups is 2. The van der Waals surface area contributed by atoms with Gasteiger partial charge in [0.25, 0.3) is 5.91 Å². The lowest BCUT2D eigenvalue weighted by Crippen LogP contribution is -2.44. The molecule has 1 fully saturated rings. The number of carbonyl (C=O) groups excluding carboxylic acids is 2. The van der Waals surface area contributed by atoms with Crippen molar-refractivity contribution >= 4 is 17.5 Å². The van der Waals surface area contributed by atoms with Crippen molar-refractivity contribution in [3.63, 3.8) is 0 Å². The zero-order valence-corrected chi connectivity index (χ0v) is 14.1. The van der Waals surface area contributed by atoms with Crippen molar-refractivity contribution in [2.45, 2.75) is 25.9 Å². The first-order valence-electron chi connectivity index (χ1n) is 8.35. The molecule has 0 saturated carbocycles. The quantitative estimate of drug-likeness (QED) is 0.930. The normalized spacial score (nSPS) is 17.0. The molecule has 1 aromatic carbocycles. The lowest BCUT2D eigenvalue weighted by molar-refractivity contribution is -0.114. The Kier molecular flexibility index (Phi) is 5.28. The van der Waals surface area contributed by atoms with Crippen LogP contribution < -0.4 is 10.1 Å². The van der Waals surface area contributed by atoms with E-state index in [2.05, 4.69) is 10.3 Å². The number of piperidine rings is 1. The highest BCUT2D eigenvalue weighted by molar-refractivity contribution is 5.95. The fraction of sp³-hybridized carbons (Fsp3) is 0.316. The van der Waals surface area contributed by atoms with Crippen LogP contribution in [0.15, 0.2) is 48.8 Å². The molecule has 1 saturated heterocycles. The molecule has 6 heteroatoms. The van der Waals surface area contributed by atoms with Crippen LogP contribution in [0.4, 0.5) is 5.69 Å². The molecule has 1 aromatic heterocycles. The van der Waals surface area contributed by atoms with Gasteiger partial charge < -0.3 is 15.0 Å². The zero-order valence-electron chi connectivity index (χ0n) is 14.1. The molecule has 1 aliphatic heterocycles. The number of benzene rings is 1. The Morgan fingerprint density at radius 1 is 1.16 bits per heavy atom. The first kappa shape index (κ1) is 17.0. The Bertz CT molecular complexity index is 731. The average Bonchev–Trinajstić information content (AvgIpc) is 2.62. The van der Waals surface area contributed by atoms with Crippen LogP contribution >= 0.6 is 0 Å². The molecule has 0 bridgehead atoms. The standard InChI is InChI=1S/C19H21N3O3/c1-14(23)21-16-6-4-15(5-7-16)19(24)22-12-2-3-18(13-22)25-17-8-10-20-11-9-17/h4-11,18H,2-3,12-13H2,1H3,(H,21,23)/t18-/m1/s1. The van der Waals surface area contributed by atoms with Gasteiger partial charge in [0, 0.05) is 37.1 Å². The molecule has 1 aliphatic rings. The Balaban J connectivity index is 1.62. The van der Waals surface area contributed by atoms with E-state index in [1.165, 1.54) is 6.92 Å². The molecule has 6 nitrogen and oxygen atoms in total. The van der Waals surface area contributed by atoms with Gasteiger partial charge in [-0.2, -0.15) is 0 Å². The highest BCUT2D eigenvalue weighted by atomic mass is 16.5. The number of nitrogens with zero attached hydrogens (tertiary/aromatic N) is 2. The summed E-state index contributed by atoms with van der Waals surface area (Å²) in [5, 5.41) is 2.70. The maximum atomic E-state index is 12.7. The summed E-state index contributed by atoms with van der Waals surface area (Å²) in [6.07, 6.45) is 5.20. The minimum Gasteiger partial charge on any atom is -0.488 e. The molecule has 0 unspecified atom stereocenters. The SMILES string of the molecule is CC(=O)Nc1ccc(C(=O)N2CCC[C@@H](Oc3ccncc3)C2)cc1. The third-order valence-electron chi connectivity index (χ3n) is 4.07. The van der Waals surface area contributed by atoms with E-state index in [4.69, 9.17) is 4.74 Å². The maximum absolute atomic E-state index is 12.7. The van der Waals surface area contributed by atoms with Crippen LogP contribution in [0.2, 0.25) is 0 Å². The molecular formula is C19H21N3O3. The van der Waals surface area contributed by atoms with E-state index in [1.807, 2.05) is 17.0 Å². The maximum Gasteiger partial charge on any atom is 0.253 e. The number of anilines is 1. The van der Waals surface area contributed by atoms with E-state index in [0.29, 0.717) is 17.8 Å². The van der Waals surface area contributed by atoms with Crippen molar-refractivity contribution in [2.75, 3.05) is 18.4 Å². The third kappa shape index (κ3) is 4.56. The molecule has 2 aromatic rings. The average molecular weight is 339 g/mol. The van der Waals surface area contributed by atoms with Gasteiger partial charge in [-0.25, -0.2) is 0 Å². The molecule has 0 radical (unpaired) electrons. The fourth-order valence-electron chi connectivity index (χ4n) is 2.91. The Hall–Kier alpha value is -2.89. The van der Waals surface area contributed by atoms with E-state index in [1.54, 1.807) is 36.7 Å².